The molecule has 0 bridgehead atoms. The van der Waals surface area contributed by atoms with Crippen LogP contribution in [0.3, 0.4) is 0 Å². The van der Waals surface area contributed by atoms with Crippen LogP contribution in [0.15, 0.2) is 42.9 Å². The van der Waals surface area contributed by atoms with Crippen molar-refractivity contribution in [3.8, 4) is 0 Å². The number of carbonyl (C=O) groups excluding carboxylic acids is 1. The van der Waals surface area contributed by atoms with Crippen LogP contribution < -0.4 is 15.5 Å². The van der Waals surface area contributed by atoms with Crippen LogP contribution in [-0.4, -0.2) is 33.5 Å². The lowest BCUT2D eigenvalue weighted by Crippen LogP contribution is -2.33. The summed E-state index contributed by atoms with van der Waals surface area (Å²) in [6, 6.07) is 7.53. The minimum atomic E-state index is -0.224. The van der Waals surface area contributed by atoms with E-state index in [0.717, 1.165) is 36.5 Å². The summed E-state index contributed by atoms with van der Waals surface area (Å²) in [5.41, 5.74) is 3.95. The van der Waals surface area contributed by atoms with Gasteiger partial charge >= 0.3 is 6.03 Å². The number of hydrogen-bond donors (Lipinski definition) is 2. The highest BCUT2D eigenvalue weighted by Gasteiger charge is 2.19. The molecule has 7 heteroatoms. The van der Waals surface area contributed by atoms with Crippen LogP contribution >= 0.6 is 0 Å². The summed E-state index contributed by atoms with van der Waals surface area (Å²) >= 11 is 0. The van der Waals surface area contributed by atoms with E-state index in [1.165, 1.54) is 18.5 Å². The van der Waals surface area contributed by atoms with Gasteiger partial charge < -0.3 is 15.5 Å². The molecule has 1 aliphatic rings. The van der Waals surface area contributed by atoms with E-state index >= 15 is 0 Å². The van der Waals surface area contributed by atoms with Gasteiger partial charge in [0.2, 0.25) is 5.78 Å². The first-order chi connectivity index (χ1) is 13.7. The Balaban J connectivity index is 1.48. The van der Waals surface area contributed by atoms with Crippen molar-refractivity contribution in [3.05, 3.63) is 54.1 Å². The number of amides is 2. The SMILES string of the molecule is CC[C@H](NC(=O)Nc1cccc(N2CCCC2)c1C)c1cn2cccnc2n1. The van der Waals surface area contributed by atoms with E-state index < -0.39 is 0 Å². The van der Waals surface area contributed by atoms with Crippen molar-refractivity contribution in [2.24, 2.45) is 0 Å². The fraction of sp³-hybridized carbons (Fsp3) is 0.381. The second kappa shape index (κ2) is 7.88. The molecule has 2 amide bonds. The van der Waals surface area contributed by atoms with Gasteiger partial charge in [0.05, 0.1) is 11.7 Å². The first-order valence-corrected chi connectivity index (χ1v) is 9.87. The topological polar surface area (TPSA) is 74.6 Å². The maximum absolute atomic E-state index is 12.7. The molecule has 0 unspecified atom stereocenters. The lowest BCUT2D eigenvalue weighted by molar-refractivity contribution is 0.248. The van der Waals surface area contributed by atoms with E-state index in [4.69, 9.17) is 0 Å². The van der Waals surface area contributed by atoms with Gasteiger partial charge in [-0.3, -0.25) is 4.40 Å². The zero-order valence-electron chi connectivity index (χ0n) is 16.4. The van der Waals surface area contributed by atoms with Gasteiger partial charge in [-0.25, -0.2) is 14.8 Å². The van der Waals surface area contributed by atoms with Crippen molar-refractivity contribution < 1.29 is 4.79 Å². The lowest BCUT2D eigenvalue weighted by atomic mass is 10.1. The average Bonchev–Trinajstić information content (AvgIpc) is 3.37. The smallest absolute Gasteiger partial charge is 0.319 e. The van der Waals surface area contributed by atoms with Crippen LogP contribution in [-0.2, 0) is 0 Å². The van der Waals surface area contributed by atoms with Gasteiger partial charge in [-0.1, -0.05) is 13.0 Å². The second-order valence-electron chi connectivity index (χ2n) is 7.20. The molecule has 1 aromatic carbocycles. The lowest BCUT2D eigenvalue weighted by Gasteiger charge is -2.22. The third-order valence-corrected chi connectivity index (χ3v) is 5.32. The summed E-state index contributed by atoms with van der Waals surface area (Å²) in [6.45, 7) is 6.25. The average molecular weight is 378 g/mol. The monoisotopic (exact) mass is 378 g/mol. The first kappa shape index (κ1) is 18.3. The number of imidazole rings is 1. The minimum Gasteiger partial charge on any atom is -0.371 e. The second-order valence-corrected chi connectivity index (χ2v) is 7.20. The number of fused-ring (bicyclic) bond motifs is 1. The maximum atomic E-state index is 12.7. The largest absolute Gasteiger partial charge is 0.371 e. The number of hydrogen-bond acceptors (Lipinski definition) is 4. The van der Waals surface area contributed by atoms with Gasteiger partial charge in [0.1, 0.15) is 0 Å². The molecule has 3 heterocycles. The highest BCUT2D eigenvalue weighted by atomic mass is 16.2. The summed E-state index contributed by atoms with van der Waals surface area (Å²) in [5.74, 6) is 0.632. The van der Waals surface area contributed by atoms with E-state index in [1.807, 2.05) is 41.9 Å². The van der Waals surface area contributed by atoms with Crippen LogP contribution in [0.25, 0.3) is 5.78 Å². The predicted molar refractivity (Wildman–Crippen MR) is 111 cm³/mol. The third-order valence-electron chi connectivity index (χ3n) is 5.32. The minimum absolute atomic E-state index is 0.177. The summed E-state index contributed by atoms with van der Waals surface area (Å²) in [7, 11) is 0. The fourth-order valence-electron chi connectivity index (χ4n) is 3.78. The zero-order valence-corrected chi connectivity index (χ0v) is 16.4. The molecule has 28 heavy (non-hydrogen) atoms. The van der Waals surface area contributed by atoms with Gasteiger partial charge in [0.25, 0.3) is 0 Å². The molecule has 3 aromatic rings. The Morgan fingerprint density at radius 3 is 2.82 bits per heavy atom. The Morgan fingerprint density at radius 2 is 2.07 bits per heavy atom. The van der Waals surface area contributed by atoms with Crippen molar-refractivity contribution in [2.75, 3.05) is 23.3 Å². The van der Waals surface area contributed by atoms with Gasteiger partial charge in [-0.05, 0) is 49.9 Å². The molecule has 7 nitrogen and oxygen atoms in total. The number of anilines is 2. The number of aromatic nitrogens is 3. The zero-order chi connectivity index (χ0) is 19.5. The number of carbonyl (C=O) groups is 1. The quantitative estimate of drug-likeness (QED) is 0.706. The molecule has 0 saturated carbocycles. The Labute approximate surface area is 164 Å². The third kappa shape index (κ3) is 3.65. The molecule has 0 radical (unpaired) electrons. The molecule has 4 rings (SSSR count). The van der Waals surface area contributed by atoms with E-state index in [9.17, 15) is 4.79 Å². The van der Waals surface area contributed by atoms with Crippen LogP contribution in [0.4, 0.5) is 16.2 Å². The Bertz CT molecular complexity index is 943. The predicted octanol–water partition coefficient (Wildman–Crippen LogP) is 3.91. The number of benzene rings is 1. The van der Waals surface area contributed by atoms with Gasteiger partial charge in [0.15, 0.2) is 0 Å². The molecule has 2 aromatic heterocycles. The molecule has 1 atom stereocenters. The Hall–Kier alpha value is -3.09. The van der Waals surface area contributed by atoms with E-state index in [-0.39, 0.29) is 12.1 Å². The molecular weight excluding hydrogens is 352 g/mol. The Kier molecular flexibility index (Phi) is 5.14. The molecule has 1 fully saturated rings. The van der Waals surface area contributed by atoms with Crippen molar-refractivity contribution in [1.82, 2.24) is 19.7 Å². The summed E-state index contributed by atoms with van der Waals surface area (Å²) in [4.78, 5) is 23.8. The Morgan fingerprint density at radius 1 is 1.25 bits per heavy atom. The van der Waals surface area contributed by atoms with Gasteiger partial charge in [-0.15, -0.1) is 0 Å². The number of nitrogens with zero attached hydrogens (tertiary/aromatic N) is 4. The van der Waals surface area contributed by atoms with Crippen molar-refractivity contribution >= 4 is 23.2 Å². The number of nitrogens with one attached hydrogen (secondary N) is 2. The van der Waals surface area contributed by atoms with Crippen LogP contribution in [0.2, 0.25) is 0 Å². The van der Waals surface area contributed by atoms with Crippen molar-refractivity contribution in [3.63, 3.8) is 0 Å². The molecular formula is C21H26N6O. The molecule has 1 saturated heterocycles. The van der Waals surface area contributed by atoms with Crippen molar-refractivity contribution in [2.45, 2.75) is 39.2 Å². The van der Waals surface area contributed by atoms with Gasteiger partial charge in [0, 0.05) is 43.1 Å². The summed E-state index contributed by atoms with van der Waals surface area (Å²) in [5, 5.41) is 6.06. The maximum Gasteiger partial charge on any atom is 0.319 e. The van der Waals surface area contributed by atoms with E-state index in [2.05, 4.69) is 38.5 Å². The first-order valence-electron chi connectivity index (χ1n) is 9.87. The van der Waals surface area contributed by atoms with E-state index in [0.29, 0.717) is 5.78 Å². The number of urea groups is 1. The molecule has 1 aliphatic heterocycles. The highest BCUT2D eigenvalue weighted by molar-refractivity contribution is 5.91. The summed E-state index contributed by atoms with van der Waals surface area (Å²) in [6.07, 6.45) is 8.72. The fourth-order valence-corrected chi connectivity index (χ4v) is 3.78. The van der Waals surface area contributed by atoms with Crippen LogP contribution in [0, 0.1) is 6.92 Å². The van der Waals surface area contributed by atoms with E-state index in [1.54, 1.807) is 6.20 Å². The van der Waals surface area contributed by atoms with Crippen molar-refractivity contribution in [1.29, 1.82) is 0 Å². The molecule has 146 valence electrons. The standard InChI is InChI=1S/C21H26N6O/c1-3-16(18-14-27-13-7-10-22-20(27)23-18)24-21(28)25-17-8-6-9-19(15(17)2)26-11-4-5-12-26/h6-10,13-14,16H,3-5,11-12H2,1-2H3,(H2,24,25,28)/t16-/m0/s1. The number of rotatable bonds is 5. The van der Waals surface area contributed by atoms with Crippen LogP contribution in [0.5, 0.6) is 0 Å². The molecule has 0 spiro atoms. The molecule has 0 aliphatic carbocycles. The molecule has 2 N–H and O–H groups in total. The highest BCUT2D eigenvalue weighted by Crippen LogP contribution is 2.29. The van der Waals surface area contributed by atoms with Gasteiger partial charge in [-0.2, -0.15) is 0 Å². The van der Waals surface area contributed by atoms with Crippen LogP contribution in [0.1, 0.15) is 43.5 Å². The summed E-state index contributed by atoms with van der Waals surface area (Å²) < 4.78 is 1.86. The normalized spacial score (nSPS) is 15.0.